The zero-order valence-corrected chi connectivity index (χ0v) is 14.9. The van der Waals surface area contributed by atoms with Crippen LogP contribution in [0, 0.1) is 6.92 Å². The van der Waals surface area contributed by atoms with E-state index in [2.05, 4.69) is 40.1 Å². The van der Waals surface area contributed by atoms with Crippen LogP contribution in [0.4, 0.5) is 0 Å². The Morgan fingerprint density at radius 3 is 2.44 bits per heavy atom. The van der Waals surface area contributed by atoms with Gasteiger partial charge in [-0.05, 0) is 43.9 Å². The Labute approximate surface area is 149 Å². The first-order chi connectivity index (χ1) is 12.1. The molecule has 1 aromatic heterocycles. The Balaban J connectivity index is 1.42. The van der Waals surface area contributed by atoms with E-state index in [1.807, 2.05) is 19.1 Å². The molecule has 25 heavy (non-hydrogen) atoms. The van der Waals surface area contributed by atoms with Crippen LogP contribution >= 0.6 is 0 Å². The highest BCUT2D eigenvalue weighted by Crippen LogP contribution is 2.40. The van der Waals surface area contributed by atoms with Crippen LogP contribution in [0.3, 0.4) is 0 Å². The average Bonchev–Trinajstić information content (AvgIpc) is 3.17. The molecule has 3 heterocycles. The molecule has 0 bridgehead atoms. The molecule has 132 valence electrons. The van der Waals surface area contributed by atoms with Gasteiger partial charge in [0.2, 0.25) is 5.91 Å². The number of benzene rings is 1. The summed E-state index contributed by atoms with van der Waals surface area (Å²) in [4.78, 5) is 17.1. The number of likely N-dealkylation sites (tertiary alicyclic amines) is 2. The molecule has 0 aliphatic carbocycles. The highest BCUT2D eigenvalue weighted by atomic mass is 16.3. The van der Waals surface area contributed by atoms with Gasteiger partial charge in [0.25, 0.3) is 0 Å². The van der Waals surface area contributed by atoms with Crippen molar-refractivity contribution in [3.8, 4) is 0 Å². The van der Waals surface area contributed by atoms with E-state index in [9.17, 15) is 4.79 Å². The molecule has 2 fully saturated rings. The van der Waals surface area contributed by atoms with Gasteiger partial charge in [-0.15, -0.1) is 0 Å². The van der Waals surface area contributed by atoms with Crippen LogP contribution in [0.5, 0.6) is 0 Å². The summed E-state index contributed by atoms with van der Waals surface area (Å²) in [7, 11) is 0. The van der Waals surface area contributed by atoms with E-state index in [0.717, 1.165) is 57.0 Å². The van der Waals surface area contributed by atoms with Crippen molar-refractivity contribution in [2.24, 2.45) is 0 Å². The van der Waals surface area contributed by atoms with Crippen molar-refractivity contribution in [3.05, 3.63) is 59.5 Å². The Morgan fingerprint density at radius 2 is 1.76 bits per heavy atom. The maximum atomic E-state index is 12.5. The van der Waals surface area contributed by atoms with Crippen LogP contribution < -0.4 is 0 Å². The lowest BCUT2D eigenvalue weighted by Gasteiger charge is -2.45. The van der Waals surface area contributed by atoms with Gasteiger partial charge in [0.05, 0.1) is 6.54 Å². The number of piperidine rings is 1. The number of carbonyl (C=O) groups is 1. The molecule has 2 aliphatic rings. The summed E-state index contributed by atoms with van der Waals surface area (Å²) in [6.45, 7) is 5.66. The second kappa shape index (κ2) is 6.68. The Hall–Kier alpha value is -2.07. The number of hydrogen-bond donors (Lipinski definition) is 0. The summed E-state index contributed by atoms with van der Waals surface area (Å²) in [6.07, 6.45) is 3.83. The number of nitrogens with zero attached hydrogens (tertiary/aromatic N) is 2. The molecule has 0 atom stereocenters. The molecular formula is C21H26N2O2. The minimum atomic E-state index is 0.0580. The Bertz CT molecular complexity index is 729. The van der Waals surface area contributed by atoms with Gasteiger partial charge in [0.15, 0.2) is 0 Å². The van der Waals surface area contributed by atoms with Gasteiger partial charge in [-0.1, -0.05) is 30.3 Å². The average molecular weight is 338 g/mol. The monoisotopic (exact) mass is 338 g/mol. The molecular weight excluding hydrogens is 312 g/mol. The molecule has 4 nitrogen and oxygen atoms in total. The third-order valence-electron chi connectivity index (χ3n) is 5.82. The van der Waals surface area contributed by atoms with E-state index in [-0.39, 0.29) is 5.54 Å². The number of hydrogen-bond acceptors (Lipinski definition) is 3. The van der Waals surface area contributed by atoms with Crippen LogP contribution in [-0.2, 0) is 17.9 Å². The summed E-state index contributed by atoms with van der Waals surface area (Å²) >= 11 is 0. The van der Waals surface area contributed by atoms with E-state index in [1.54, 1.807) is 0 Å². The van der Waals surface area contributed by atoms with E-state index in [1.165, 1.54) is 5.56 Å². The lowest BCUT2D eigenvalue weighted by atomic mass is 9.84. The summed E-state index contributed by atoms with van der Waals surface area (Å²) in [5.41, 5.74) is 1.29. The number of aryl methyl sites for hydroxylation is 1. The smallest absolute Gasteiger partial charge is 0.223 e. The third-order valence-corrected chi connectivity index (χ3v) is 5.82. The Morgan fingerprint density at radius 1 is 1.00 bits per heavy atom. The first kappa shape index (κ1) is 16.4. The summed E-state index contributed by atoms with van der Waals surface area (Å²) in [5, 5.41) is 0. The van der Waals surface area contributed by atoms with Gasteiger partial charge in [-0.3, -0.25) is 9.69 Å². The molecule has 0 N–H and O–H groups in total. The van der Waals surface area contributed by atoms with Gasteiger partial charge in [0.1, 0.15) is 11.5 Å². The lowest BCUT2D eigenvalue weighted by molar-refractivity contribution is -0.133. The molecule has 1 aromatic carbocycles. The fourth-order valence-electron chi connectivity index (χ4n) is 4.33. The lowest BCUT2D eigenvalue weighted by Crippen LogP contribution is -2.52. The van der Waals surface area contributed by atoms with E-state index < -0.39 is 0 Å². The number of amides is 1. The summed E-state index contributed by atoms with van der Waals surface area (Å²) in [6, 6.07) is 14.5. The molecule has 0 saturated carbocycles. The van der Waals surface area contributed by atoms with Crippen molar-refractivity contribution in [1.29, 1.82) is 0 Å². The van der Waals surface area contributed by atoms with Crippen LogP contribution in [0.25, 0.3) is 0 Å². The van der Waals surface area contributed by atoms with E-state index in [0.29, 0.717) is 12.3 Å². The number of furan rings is 1. The van der Waals surface area contributed by atoms with Crippen molar-refractivity contribution in [2.75, 3.05) is 13.1 Å². The van der Waals surface area contributed by atoms with Crippen molar-refractivity contribution in [2.45, 2.75) is 51.2 Å². The zero-order chi connectivity index (χ0) is 17.3. The Kier molecular flexibility index (Phi) is 4.38. The second-order valence-electron chi connectivity index (χ2n) is 7.48. The van der Waals surface area contributed by atoms with Gasteiger partial charge >= 0.3 is 0 Å². The number of carbonyl (C=O) groups excluding carboxylic acids is 1. The zero-order valence-electron chi connectivity index (χ0n) is 14.9. The SMILES string of the molecule is Cc1ccc(CN2CCC3(CCC(=O)N3Cc3ccccc3)CC2)o1. The maximum Gasteiger partial charge on any atom is 0.223 e. The highest BCUT2D eigenvalue weighted by Gasteiger charge is 2.46. The van der Waals surface area contributed by atoms with Crippen LogP contribution in [0.2, 0.25) is 0 Å². The van der Waals surface area contributed by atoms with Gasteiger partial charge in [0, 0.05) is 31.6 Å². The van der Waals surface area contributed by atoms with E-state index in [4.69, 9.17) is 4.42 Å². The molecule has 2 saturated heterocycles. The molecule has 1 amide bonds. The van der Waals surface area contributed by atoms with Crippen molar-refractivity contribution >= 4 is 5.91 Å². The van der Waals surface area contributed by atoms with Crippen LogP contribution in [-0.4, -0.2) is 34.3 Å². The third kappa shape index (κ3) is 3.36. The van der Waals surface area contributed by atoms with Crippen molar-refractivity contribution < 1.29 is 9.21 Å². The molecule has 2 aliphatic heterocycles. The van der Waals surface area contributed by atoms with E-state index >= 15 is 0 Å². The minimum Gasteiger partial charge on any atom is -0.465 e. The fraction of sp³-hybridized carbons (Fsp3) is 0.476. The summed E-state index contributed by atoms with van der Waals surface area (Å²) < 4.78 is 5.71. The summed E-state index contributed by atoms with van der Waals surface area (Å²) in [5.74, 6) is 2.33. The standard InChI is InChI=1S/C21H26N2O2/c1-17-7-8-19(25-17)16-22-13-11-21(12-14-22)10-9-20(24)23(21)15-18-5-3-2-4-6-18/h2-8H,9-16H2,1H3. The minimum absolute atomic E-state index is 0.0580. The van der Waals surface area contributed by atoms with Crippen LogP contribution in [0.1, 0.15) is 42.8 Å². The van der Waals surface area contributed by atoms with Crippen LogP contribution in [0.15, 0.2) is 46.9 Å². The predicted octanol–water partition coefficient (Wildman–Crippen LogP) is 3.75. The van der Waals surface area contributed by atoms with Crippen molar-refractivity contribution in [1.82, 2.24) is 9.80 Å². The molecule has 1 spiro atoms. The molecule has 4 rings (SSSR count). The topological polar surface area (TPSA) is 36.7 Å². The fourth-order valence-corrected chi connectivity index (χ4v) is 4.33. The number of rotatable bonds is 4. The highest BCUT2D eigenvalue weighted by molar-refractivity contribution is 5.79. The molecule has 4 heteroatoms. The largest absolute Gasteiger partial charge is 0.465 e. The molecule has 0 radical (unpaired) electrons. The van der Waals surface area contributed by atoms with Gasteiger partial charge < -0.3 is 9.32 Å². The maximum absolute atomic E-state index is 12.5. The normalized spacial score (nSPS) is 20.5. The van der Waals surface area contributed by atoms with Gasteiger partial charge in [-0.2, -0.15) is 0 Å². The van der Waals surface area contributed by atoms with Crippen molar-refractivity contribution in [3.63, 3.8) is 0 Å². The first-order valence-electron chi connectivity index (χ1n) is 9.27. The second-order valence-corrected chi connectivity index (χ2v) is 7.48. The quantitative estimate of drug-likeness (QED) is 0.852. The predicted molar refractivity (Wildman–Crippen MR) is 96.9 cm³/mol. The molecule has 2 aromatic rings. The first-order valence-corrected chi connectivity index (χ1v) is 9.27. The van der Waals surface area contributed by atoms with Gasteiger partial charge in [-0.25, -0.2) is 0 Å². The molecule has 0 unspecified atom stereocenters.